The molecule has 0 aliphatic rings. The summed E-state index contributed by atoms with van der Waals surface area (Å²) in [5, 5.41) is 0.386. The van der Waals surface area contributed by atoms with E-state index < -0.39 is 10.0 Å². The van der Waals surface area contributed by atoms with E-state index in [-0.39, 0.29) is 10.9 Å². The lowest BCUT2D eigenvalue weighted by atomic mass is 10.3. The number of aryl methyl sites for hydroxylation is 2. The summed E-state index contributed by atoms with van der Waals surface area (Å²) in [5.41, 5.74) is 7.30. The molecule has 2 aromatic heterocycles. The lowest BCUT2D eigenvalue weighted by Gasteiger charge is -2.10. The maximum absolute atomic E-state index is 12.4. The summed E-state index contributed by atoms with van der Waals surface area (Å²) < 4.78 is 29.2. The van der Waals surface area contributed by atoms with Gasteiger partial charge in [-0.05, 0) is 33.8 Å². The third kappa shape index (κ3) is 3.28. The van der Waals surface area contributed by atoms with E-state index in [9.17, 15) is 8.42 Å². The molecular weight excluding hydrogens is 308 g/mol. The Balaban J connectivity index is 2.35. The minimum atomic E-state index is -3.64. The Hall–Kier alpha value is -1.38. The number of thiazole rings is 1. The molecule has 0 saturated carbocycles. The maximum Gasteiger partial charge on any atom is 0.265 e. The molecular formula is C13H20N4O2S2. The van der Waals surface area contributed by atoms with Crippen molar-refractivity contribution in [2.45, 2.75) is 45.2 Å². The second kappa shape index (κ2) is 5.78. The van der Waals surface area contributed by atoms with Gasteiger partial charge in [0.2, 0.25) is 0 Å². The van der Waals surface area contributed by atoms with Gasteiger partial charge in [-0.3, -0.25) is 4.72 Å². The molecule has 0 atom stereocenters. The van der Waals surface area contributed by atoms with Crippen LogP contribution in [0.1, 0.15) is 36.2 Å². The molecule has 6 nitrogen and oxygen atoms in total. The van der Waals surface area contributed by atoms with Crippen LogP contribution in [0.5, 0.6) is 0 Å². The van der Waals surface area contributed by atoms with Gasteiger partial charge < -0.3 is 10.3 Å². The van der Waals surface area contributed by atoms with Gasteiger partial charge in [0.1, 0.15) is 4.90 Å². The van der Waals surface area contributed by atoms with Crippen LogP contribution >= 0.6 is 11.3 Å². The molecule has 0 amide bonds. The topological polar surface area (TPSA) is 90.0 Å². The Kier molecular flexibility index (Phi) is 4.40. The average Bonchev–Trinajstić information content (AvgIpc) is 2.93. The molecule has 0 fully saturated rings. The second-order valence-electron chi connectivity index (χ2n) is 5.14. The number of nitrogens with two attached hydrogens (primary N) is 1. The highest BCUT2D eigenvalue weighted by atomic mass is 32.2. The van der Waals surface area contributed by atoms with E-state index in [0.29, 0.717) is 11.7 Å². The van der Waals surface area contributed by atoms with Gasteiger partial charge >= 0.3 is 0 Å². The zero-order chi connectivity index (χ0) is 15.8. The van der Waals surface area contributed by atoms with Gasteiger partial charge in [-0.15, -0.1) is 11.3 Å². The Morgan fingerprint density at radius 3 is 2.52 bits per heavy atom. The van der Waals surface area contributed by atoms with Gasteiger partial charge in [-0.25, -0.2) is 13.4 Å². The van der Waals surface area contributed by atoms with Gasteiger partial charge in [0.25, 0.3) is 10.0 Å². The minimum absolute atomic E-state index is 0.150. The molecule has 0 unspecified atom stereocenters. The number of nitrogens with one attached hydrogen (secondary N) is 1. The molecule has 0 bridgehead atoms. The lowest BCUT2D eigenvalue weighted by molar-refractivity contribution is 0.573. The summed E-state index contributed by atoms with van der Waals surface area (Å²) in [6.07, 6.45) is 1.61. The molecule has 8 heteroatoms. The van der Waals surface area contributed by atoms with Crippen LogP contribution < -0.4 is 10.5 Å². The van der Waals surface area contributed by atoms with Gasteiger partial charge in [0.05, 0.1) is 5.69 Å². The van der Waals surface area contributed by atoms with Crippen LogP contribution in [0.25, 0.3) is 0 Å². The fourth-order valence-electron chi connectivity index (χ4n) is 1.98. The normalized spacial score (nSPS) is 12.1. The van der Waals surface area contributed by atoms with Crippen LogP contribution in [-0.4, -0.2) is 18.0 Å². The Morgan fingerprint density at radius 1 is 1.43 bits per heavy atom. The average molecular weight is 328 g/mol. The number of nitrogens with zero attached hydrogens (tertiary/aromatic N) is 2. The van der Waals surface area contributed by atoms with Crippen molar-refractivity contribution >= 4 is 26.5 Å². The highest BCUT2D eigenvalue weighted by molar-refractivity contribution is 7.93. The van der Waals surface area contributed by atoms with Crippen molar-refractivity contribution in [1.29, 1.82) is 0 Å². The highest BCUT2D eigenvalue weighted by Gasteiger charge is 2.20. The van der Waals surface area contributed by atoms with Crippen LogP contribution in [0, 0.1) is 13.8 Å². The Morgan fingerprint density at radius 2 is 2.10 bits per heavy atom. The number of sulfonamides is 1. The van der Waals surface area contributed by atoms with Crippen LogP contribution in [-0.2, 0) is 16.6 Å². The van der Waals surface area contributed by atoms with Crippen molar-refractivity contribution < 1.29 is 8.42 Å². The minimum Gasteiger partial charge on any atom is -0.346 e. The molecule has 116 valence electrons. The van der Waals surface area contributed by atoms with Crippen molar-refractivity contribution in [3.05, 3.63) is 28.5 Å². The molecule has 21 heavy (non-hydrogen) atoms. The van der Waals surface area contributed by atoms with Crippen molar-refractivity contribution in [2.75, 3.05) is 4.72 Å². The second-order valence-corrected chi connectivity index (χ2v) is 8.02. The van der Waals surface area contributed by atoms with Crippen LogP contribution in [0.15, 0.2) is 17.2 Å². The van der Waals surface area contributed by atoms with E-state index in [1.54, 1.807) is 12.3 Å². The molecule has 0 aliphatic heterocycles. The standard InChI is InChI=1S/C13H20N4O2S2/c1-8(2)17-7-12(5-11(17)6-14)21(18,19)16-13-15-9(3)10(4)20-13/h5,7-8H,6,14H2,1-4H3,(H,15,16). The van der Waals surface area contributed by atoms with E-state index in [1.165, 1.54) is 11.3 Å². The molecule has 0 aromatic carbocycles. The van der Waals surface area contributed by atoms with Crippen molar-refractivity contribution in [3.63, 3.8) is 0 Å². The summed E-state index contributed by atoms with van der Waals surface area (Å²) in [6.45, 7) is 8.02. The molecule has 0 spiro atoms. The number of hydrogen-bond donors (Lipinski definition) is 2. The number of anilines is 1. The number of rotatable bonds is 5. The van der Waals surface area contributed by atoms with E-state index in [0.717, 1.165) is 16.3 Å². The van der Waals surface area contributed by atoms with Gasteiger partial charge in [0.15, 0.2) is 5.13 Å². The molecule has 3 N–H and O–H groups in total. The van der Waals surface area contributed by atoms with E-state index in [4.69, 9.17) is 5.73 Å². The van der Waals surface area contributed by atoms with E-state index >= 15 is 0 Å². The van der Waals surface area contributed by atoms with Crippen LogP contribution in [0.4, 0.5) is 5.13 Å². The van der Waals surface area contributed by atoms with E-state index in [2.05, 4.69) is 9.71 Å². The number of hydrogen-bond acceptors (Lipinski definition) is 5. The van der Waals surface area contributed by atoms with Crippen molar-refractivity contribution in [3.8, 4) is 0 Å². The van der Waals surface area contributed by atoms with Crippen LogP contribution in [0.3, 0.4) is 0 Å². The predicted molar refractivity (Wildman–Crippen MR) is 85.1 cm³/mol. The van der Waals surface area contributed by atoms with Crippen molar-refractivity contribution in [1.82, 2.24) is 9.55 Å². The fraction of sp³-hybridized carbons (Fsp3) is 0.462. The summed E-state index contributed by atoms with van der Waals surface area (Å²) >= 11 is 1.33. The van der Waals surface area contributed by atoms with Gasteiger partial charge in [-0.2, -0.15) is 0 Å². The monoisotopic (exact) mass is 328 g/mol. The lowest BCUT2D eigenvalue weighted by Crippen LogP contribution is -2.12. The first-order valence-corrected chi connectivity index (χ1v) is 8.92. The molecule has 0 aliphatic carbocycles. The molecule has 2 heterocycles. The fourth-order valence-corrected chi connectivity index (χ4v) is 4.08. The highest BCUT2D eigenvalue weighted by Crippen LogP contribution is 2.25. The van der Waals surface area contributed by atoms with Gasteiger partial charge in [0, 0.05) is 29.4 Å². The smallest absolute Gasteiger partial charge is 0.265 e. The van der Waals surface area contributed by atoms with E-state index in [1.807, 2.05) is 32.3 Å². The van der Waals surface area contributed by atoms with Crippen molar-refractivity contribution in [2.24, 2.45) is 5.73 Å². The zero-order valence-electron chi connectivity index (χ0n) is 12.5. The first kappa shape index (κ1) is 16.0. The summed E-state index contributed by atoms with van der Waals surface area (Å²) in [4.78, 5) is 5.41. The molecule has 0 saturated heterocycles. The maximum atomic E-state index is 12.4. The molecule has 2 rings (SSSR count). The third-order valence-electron chi connectivity index (χ3n) is 3.23. The molecule has 2 aromatic rings. The van der Waals surface area contributed by atoms with Crippen LogP contribution in [0.2, 0.25) is 0 Å². The molecule has 0 radical (unpaired) electrons. The summed E-state index contributed by atoms with van der Waals surface area (Å²) in [5.74, 6) is 0. The summed E-state index contributed by atoms with van der Waals surface area (Å²) in [7, 11) is -3.64. The quantitative estimate of drug-likeness (QED) is 0.882. The zero-order valence-corrected chi connectivity index (χ0v) is 14.2. The first-order chi connectivity index (χ1) is 9.74. The SMILES string of the molecule is Cc1nc(NS(=O)(=O)c2cc(CN)n(C(C)C)c2)sc1C. The third-order valence-corrected chi connectivity index (χ3v) is 5.66. The van der Waals surface area contributed by atoms with Gasteiger partial charge in [-0.1, -0.05) is 0 Å². The Labute approximate surface area is 129 Å². The summed E-state index contributed by atoms with van der Waals surface area (Å²) in [6, 6.07) is 1.76. The first-order valence-electron chi connectivity index (χ1n) is 6.62. The largest absolute Gasteiger partial charge is 0.346 e. The predicted octanol–water partition coefficient (Wildman–Crippen LogP) is 2.40. The number of aromatic nitrogens is 2. The Bertz CT molecular complexity index is 725.